The van der Waals surface area contributed by atoms with Crippen LogP contribution in [0.15, 0.2) is 23.8 Å². The molecule has 0 heterocycles. The standard InChI is InChI=1S/C13H21Cl/c1-3-5-11(6-4-2)12-7-9-13(14)10-8-12/h7-9,11,13H,3-6,10H2,1-2H3. The summed E-state index contributed by atoms with van der Waals surface area (Å²) in [7, 11) is 0. The van der Waals surface area contributed by atoms with Gasteiger partial charge in [0.1, 0.15) is 0 Å². The zero-order chi connectivity index (χ0) is 10.4. The molecule has 1 aliphatic rings. The van der Waals surface area contributed by atoms with Gasteiger partial charge >= 0.3 is 0 Å². The largest absolute Gasteiger partial charge is 0.118 e. The Bertz CT molecular complexity index is 209. The molecule has 0 saturated carbocycles. The third-order valence-electron chi connectivity index (χ3n) is 2.82. The van der Waals surface area contributed by atoms with Gasteiger partial charge in [-0.3, -0.25) is 0 Å². The van der Waals surface area contributed by atoms with Crippen LogP contribution in [0.2, 0.25) is 0 Å². The molecule has 0 spiro atoms. The predicted molar refractivity (Wildman–Crippen MR) is 64.8 cm³/mol. The average molecular weight is 213 g/mol. The number of alkyl halides is 1. The van der Waals surface area contributed by atoms with Gasteiger partial charge in [-0.1, -0.05) is 44.9 Å². The Hall–Kier alpha value is -0.230. The SMILES string of the molecule is CCCC(CCC)C1=CCC(Cl)C=C1. The van der Waals surface area contributed by atoms with E-state index in [9.17, 15) is 0 Å². The lowest BCUT2D eigenvalue weighted by Crippen LogP contribution is -2.07. The molecular weight excluding hydrogens is 192 g/mol. The summed E-state index contributed by atoms with van der Waals surface area (Å²) in [4.78, 5) is 0. The zero-order valence-corrected chi connectivity index (χ0v) is 10.1. The molecule has 0 aromatic heterocycles. The van der Waals surface area contributed by atoms with Crippen LogP contribution in [-0.4, -0.2) is 5.38 Å². The quantitative estimate of drug-likeness (QED) is 0.580. The molecule has 1 atom stereocenters. The van der Waals surface area contributed by atoms with E-state index in [1.54, 1.807) is 0 Å². The maximum atomic E-state index is 6.01. The summed E-state index contributed by atoms with van der Waals surface area (Å²) in [5.41, 5.74) is 1.52. The van der Waals surface area contributed by atoms with Crippen LogP contribution in [0, 0.1) is 5.92 Å². The van der Waals surface area contributed by atoms with Crippen molar-refractivity contribution in [2.45, 2.75) is 51.3 Å². The summed E-state index contributed by atoms with van der Waals surface area (Å²) >= 11 is 6.01. The first-order valence-electron chi connectivity index (χ1n) is 5.80. The van der Waals surface area contributed by atoms with Gasteiger partial charge in [0.25, 0.3) is 0 Å². The highest BCUT2D eigenvalue weighted by atomic mass is 35.5. The summed E-state index contributed by atoms with van der Waals surface area (Å²) in [5.74, 6) is 0.769. The van der Waals surface area contributed by atoms with Crippen LogP contribution in [0.1, 0.15) is 46.0 Å². The van der Waals surface area contributed by atoms with E-state index >= 15 is 0 Å². The van der Waals surface area contributed by atoms with Gasteiger partial charge in [-0.2, -0.15) is 0 Å². The highest BCUT2D eigenvalue weighted by Crippen LogP contribution is 2.27. The van der Waals surface area contributed by atoms with Gasteiger partial charge in [-0.05, 0) is 30.8 Å². The van der Waals surface area contributed by atoms with Crippen molar-refractivity contribution in [3.05, 3.63) is 23.8 Å². The normalized spacial score (nSPS) is 21.4. The molecule has 0 radical (unpaired) electrons. The van der Waals surface area contributed by atoms with Gasteiger partial charge in [0.15, 0.2) is 0 Å². The van der Waals surface area contributed by atoms with Gasteiger partial charge in [0, 0.05) is 0 Å². The minimum Gasteiger partial charge on any atom is -0.118 e. The first-order valence-corrected chi connectivity index (χ1v) is 6.23. The Morgan fingerprint density at radius 2 is 2.00 bits per heavy atom. The van der Waals surface area contributed by atoms with E-state index in [0.717, 1.165) is 12.3 Å². The second kappa shape index (κ2) is 6.29. The summed E-state index contributed by atoms with van der Waals surface area (Å²) in [6, 6.07) is 0. The number of allylic oxidation sites excluding steroid dienone is 4. The first kappa shape index (κ1) is 11.8. The maximum Gasteiger partial charge on any atom is 0.0553 e. The van der Waals surface area contributed by atoms with Crippen LogP contribution in [0.3, 0.4) is 0 Å². The van der Waals surface area contributed by atoms with Crippen molar-refractivity contribution in [2.75, 3.05) is 0 Å². The lowest BCUT2D eigenvalue weighted by atomic mass is 9.87. The Morgan fingerprint density at radius 1 is 1.36 bits per heavy atom. The Kier molecular flexibility index (Phi) is 5.32. The fourth-order valence-corrected chi connectivity index (χ4v) is 2.25. The number of rotatable bonds is 5. The summed E-state index contributed by atoms with van der Waals surface area (Å²) in [6.45, 7) is 4.53. The lowest BCUT2D eigenvalue weighted by molar-refractivity contribution is 0.509. The molecule has 1 heteroatoms. The third kappa shape index (κ3) is 3.49. The zero-order valence-electron chi connectivity index (χ0n) is 9.30. The van der Waals surface area contributed by atoms with Gasteiger partial charge in [-0.25, -0.2) is 0 Å². The van der Waals surface area contributed by atoms with E-state index in [1.165, 1.54) is 31.3 Å². The molecule has 80 valence electrons. The monoisotopic (exact) mass is 212 g/mol. The van der Waals surface area contributed by atoms with Crippen molar-refractivity contribution >= 4 is 11.6 Å². The van der Waals surface area contributed by atoms with E-state index in [0.29, 0.717) is 0 Å². The molecule has 0 amide bonds. The molecule has 0 aliphatic heterocycles. The highest BCUT2D eigenvalue weighted by molar-refractivity contribution is 6.22. The third-order valence-corrected chi connectivity index (χ3v) is 3.15. The second-order valence-electron chi connectivity index (χ2n) is 4.09. The van der Waals surface area contributed by atoms with E-state index < -0.39 is 0 Å². The molecule has 1 aliphatic carbocycles. The van der Waals surface area contributed by atoms with Crippen molar-refractivity contribution in [1.29, 1.82) is 0 Å². The molecule has 1 unspecified atom stereocenters. The average Bonchev–Trinajstić information content (AvgIpc) is 2.19. The van der Waals surface area contributed by atoms with Gasteiger partial charge in [0.2, 0.25) is 0 Å². The molecule has 1 rings (SSSR count). The molecular formula is C13H21Cl. The minimum atomic E-state index is 0.225. The van der Waals surface area contributed by atoms with Crippen molar-refractivity contribution in [2.24, 2.45) is 5.92 Å². The van der Waals surface area contributed by atoms with E-state index in [-0.39, 0.29) is 5.38 Å². The smallest absolute Gasteiger partial charge is 0.0553 e. The number of halogens is 1. The molecule has 0 fully saturated rings. The predicted octanol–water partition coefficient (Wildman–Crippen LogP) is 4.70. The molecule has 0 saturated heterocycles. The first-order chi connectivity index (χ1) is 6.77. The number of hydrogen-bond donors (Lipinski definition) is 0. The molecule has 14 heavy (non-hydrogen) atoms. The van der Waals surface area contributed by atoms with Crippen LogP contribution in [0.5, 0.6) is 0 Å². The van der Waals surface area contributed by atoms with E-state index in [2.05, 4.69) is 32.1 Å². The minimum absolute atomic E-state index is 0.225. The van der Waals surface area contributed by atoms with E-state index in [4.69, 9.17) is 11.6 Å². The van der Waals surface area contributed by atoms with Gasteiger partial charge in [0.05, 0.1) is 5.38 Å². The Morgan fingerprint density at radius 3 is 2.43 bits per heavy atom. The summed E-state index contributed by atoms with van der Waals surface area (Å²) in [5, 5.41) is 0.225. The Labute approximate surface area is 93.0 Å². The van der Waals surface area contributed by atoms with E-state index in [1.807, 2.05) is 0 Å². The van der Waals surface area contributed by atoms with Crippen molar-refractivity contribution < 1.29 is 0 Å². The Balaban J connectivity index is 2.55. The van der Waals surface area contributed by atoms with Crippen LogP contribution in [0.4, 0.5) is 0 Å². The molecule has 0 N–H and O–H groups in total. The molecule has 0 bridgehead atoms. The molecule has 0 aromatic carbocycles. The van der Waals surface area contributed by atoms with Crippen LogP contribution in [0.25, 0.3) is 0 Å². The molecule has 0 aromatic rings. The summed E-state index contributed by atoms with van der Waals surface area (Å²) in [6.07, 6.45) is 12.9. The maximum absolute atomic E-state index is 6.01. The van der Waals surface area contributed by atoms with Crippen LogP contribution in [-0.2, 0) is 0 Å². The van der Waals surface area contributed by atoms with Crippen LogP contribution < -0.4 is 0 Å². The number of hydrogen-bond acceptors (Lipinski definition) is 0. The van der Waals surface area contributed by atoms with Crippen molar-refractivity contribution in [1.82, 2.24) is 0 Å². The van der Waals surface area contributed by atoms with Gasteiger partial charge < -0.3 is 0 Å². The molecule has 0 nitrogen and oxygen atoms in total. The topological polar surface area (TPSA) is 0 Å². The van der Waals surface area contributed by atoms with Gasteiger partial charge in [-0.15, -0.1) is 11.6 Å². The van der Waals surface area contributed by atoms with Crippen molar-refractivity contribution in [3.63, 3.8) is 0 Å². The lowest BCUT2D eigenvalue weighted by Gasteiger charge is -2.20. The second-order valence-corrected chi connectivity index (χ2v) is 4.65. The van der Waals surface area contributed by atoms with Crippen LogP contribution >= 0.6 is 11.6 Å². The highest BCUT2D eigenvalue weighted by Gasteiger charge is 2.13. The fourth-order valence-electron chi connectivity index (χ4n) is 2.09. The summed E-state index contributed by atoms with van der Waals surface area (Å²) < 4.78 is 0. The van der Waals surface area contributed by atoms with Crippen molar-refractivity contribution in [3.8, 4) is 0 Å². The fraction of sp³-hybridized carbons (Fsp3) is 0.692.